The van der Waals surface area contributed by atoms with E-state index in [-0.39, 0.29) is 18.1 Å². The largest absolute Gasteiger partial charge is 0.480 e. The van der Waals surface area contributed by atoms with Gasteiger partial charge in [-0.25, -0.2) is 4.79 Å². The maximum Gasteiger partial charge on any atom is 0.329 e. The summed E-state index contributed by atoms with van der Waals surface area (Å²) in [5.41, 5.74) is -1.01. The van der Waals surface area contributed by atoms with Crippen LogP contribution in [-0.2, 0) is 14.3 Å². The summed E-state index contributed by atoms with van der Waals surface area (Å²) in [6, 6.07) is 0. The summed E-state index contributed by atoms with van der Waals surface area (Å²) in [6.07, 6.45) is 6.36. The van der Waals surface area contributed by atoms with Crippen LogP contribution in [0.15, 0.2) is 0 Å². The van der Waals surface area contributed by atoms with Crippen molar-refractivity contribution in [2.24, 2.45) is 0 Å². The van der Waals surface area contributed by atoms with Gasteiger partial charge in [-0.1, -0.05) is 12.8 Å². The van der Waals surface area contributed by atoms with E-state index < -0.39 is 11.5 Å². The Morgan fingerprint density at radius 1 is 1.32 bits per heavy atom. The molecular formula is C14H23NO4. The van der Waals surface area contributed by atoms with Gasteiger partial charge in [0.05, 0.1) is 12.2 Å². The lowest BCUT2D eigenvalue weighted by Gasteiger charge is -2.25. The maximum absolute atomic E-state index is 11.9. The van der Waals surface area contributed by atoms with Crippen molar-refractivity contribution in [2.75, 3.05) is 0 Å². The molecule has 1 aliphatic heterocycles. The van der Waals surface area contributed by atoms with Crippen molar-refractivity contribution in [3.8, 4) is 0 Å². The van der Waals surface area contributed by atoms with Crippen LogP contribution in [0, 0.1) is 0 Å². The number of rotatable bonds is 5. The van der Waals surface area contributed by atoms with Crippen molar-refractivity contribution < 1.29 is 19.4 Å². The molecule has 0 bridgehead atoms. The smallest absolute Gasteiger partial charge is 0.329 e. The van der Waals surface area contributed by atoms with Crippen LogP contribution >= 0.6 is 0 Å². The fourth-order valence-electron chi connectivity index (χ4n) is 3.09. The van der Waals surface area contributed by atoms with Gasteiger partial charge in [0.15, 0.2) is 0 Å². The van der Waals surface area contributed by atoms with Crippen LogP contribution in [0.25, 0.3) is 0 Å². The van der Waals surface area contributed by atoms with Crippen LogP contribution in [0.2, 0.25) is 0 Å². The molecule has 2 N–H and O–H groups in total. The zero-order valence-corrected chi connectivity index (χ0v) is 11.5. The Bertz CT molecular complexity index is 349. The third kappa shape index (κ3) is 3.47. The Hall–Kier alpha value is -1.10. The summed E-state index contributed by atoms with van der Waals surface area (Å²) >= 11 is 0. The molecule has 108 valence electrons. The number of aliphatic carboxylic acids is 1. The van der Waals surface area contributed by atoms with E-state index in [1.807, 2.05) is 6.92 Å². The molecule has 0 aromatic carbocycles. The fourth-order valence-corrected chi connectivity index (χ4v) is 3.09. The van der Waals surface area contributed by atoms with E-state index in [9.17, 15) is 14.7 Å². The fraction of sp³-hybridized carbons (Fsp3) is 0.857. The summed E-state index contributed by atoms with van der Waals surface area (Å²) in [4.78, 5) is 23.2. The number of carboxylic acid groups (broad SMARTS) is 1. The van der Waals surface area contributed by atoms with Crippen molar-refractivity contribution in [1.29, 1.82) is 0 Å². The van der Waals surface area contributed by atoms with Gasteiger partial charge in [0.25, 0.3) is 0 Å². The average Bonchev–Trinajstić information content (AvgIpc) is 2.97. The van der Waals surface area contributed by atoms with E-state index in [1.54, 1.807) is 0 Å². The third-order valence-corrected chi connectivity index (χ3v) is 4.26. The number of hydrogen-bond donors (Lipinski definition) is 2. The molecule has 1 amide bonds. The summed E-state index contributed by atoms with van der Waals surface area (Å²) in [5.74, 6) is -1.06. The summed E-state index contributed by atoms with van der Waals surface area (Å²) < 4.78 is 5.66. The van der Waals surface area contributed by atoms with Crippen LogP contribution in [0.4, 0.5) is 0 Å². The number of hydrogen-bond acceptors (Lipinski definition) is 3. The molecule has 2 atom stereocenters. The molecule has 0 spiro atoms. The highest BCUT2D eigenvalue weighted by Crippen LogP contribution is 2.30. The standard InChI is InChI=1S/C14H23NO4/c1-10-4-5-11(19-10)6-7-12(16)15-14(13(17)18)8-2-3-9-14/h10-11H,2-9H2,1H3,(H,15,16)(H,17,18). The van der Waals surface area contributed by atoms with Crippen LogP contribution < -0.4 is 5.32 Å². The van der Waals surface area contributed by atoms with Crippen LogP contribution in [0.5, 0.6) is 0 Å². The molecule has 2 unspecified atom stereocenters. The molecule has 0 radical (unpaired) electrons. The van der Waals surface area contributed by atoms with Crippen molar-refractivity contribution in [1.82, 2.24) is 5.32 Å². The molecule has 2 rings (SSSR count). The third-order valence-electron chi connectivity index (χ3n) is 4.26. The van der Waals surface area contributed by atoms with Crippen molar-refractivity contribution >= 4 is 11.9 Å². The van der Waals surface area contributed by atoms with Crippen molar-refractivity contribution in [2.45, 2.75) is 76.0 Å². The Labute approximate surface area is 113 Å². The molecule has 1 aliphatic carbocycles. The lowest BCUT2D eigenvalue weighted by Crippen LogP contribution is -2.52. The number of carbonyl (C=O) groups excluding carboxylic acids is 1. The molecule has 1 saturated carbocycles. The first-order valence-electron chi connectivity index (χ1n) is 7.22. The zero-order valence-electron chi connectivity index (χ0n) is 11.5. The second-order valence-electron chi connectivity index (χ2n) is 5.83. The van der Waals surface area contributed by atoms with Crippen LogP contribution in [0.3, 0.4) is 0 Å². The van der Waals surface area contributed by atoms with E-state index in [2.05, 4.69) is 5.32 Å². The van der Waals surface area contributed by atoms with Crippen LogP contribution in [0.1, 0.15) is 58.3 Å². The van der Waals surface area contributed by atoms with Gasteiger partial charge in [-0.05, 0) is 39.0 Å². The van der Waals surface area contributed by atoms with Crippen LogP contribution in [-0.4, -0.2) is 34.7 Å². The minimum atomic E-state index is -1.01. The van der Waals surface area contributed by atoms with E-state index in [0.29, 0.717) is 25.7 Å². The second kappa shape index (κ2) is 5.90. The molecule has 1 heterocycles. The Morgan fingerprint density at radius 3 is 2.53 bits per heavy atom. The topological polar surface area (TPSA) is 75.6 Å². The Morgan fingerprint density at radius 2 is 2.00 bits per heavy atom. The van der Waals surface area contributed by atoms with E-state index in [0.717, 1.165) is 25.7 Å². The predicted octanol–water partition coefficient (Wildman–Crippen LogP) is 1.85. The highest BCUT2D eigenvalue weighted by molar-refractivity contribution is 5.87. The lowest BCUT2D eigenvalue weighted by atomic mass is 9.97. The molecular weight excluding hydrogens is 246 g/mol. The number of nitrogens with one attached hydrogen (secondary N) is 1. The number of ether oxygens (including phenoxy) is 1. The predicted molar refractivity (Wildman–Crippen MR) is 69.8 cm³/mol. The summed E-state index contributed by atoms with van der Waals surface area (Å²) in [6.45, 7) is 2.04. The van der Waals surface area contributed by atoms with Gasteiger partial charge in [-0.2, -0.15) is 0 Å². The van der Waals surface area contributed by atoms with E-state index >= 15 is 0 Å². The highest BCUT2D eigenvalue weighted by atomic mass is 16.5. The number of carbonyl (C=O) groups is 2. The van der Waals surface area contributed by atoms with Gasteiger partial charge in [-0.15, -0.1) is 0 Å². The number of carboxylic acids is 1. The highest BCUT2D eigenvalue weighted by Gasteiger charge is 2.42. The van der Waals surface area contributed by atoms with E-state index in [1.165, 1.54) is 0 Å². The average molecular weight is 269 g/mol. The first-order valence-corrected chi connectivity index (χ1v) is 7.22. The monoisotopic (exact) mass is 269 g/mol. The molecule has 1 saturated heterocycles. The van der Waals surface area contributed by atoms with Gasteiger partial charge < -0.3 is 15.2 Å². The molecule has 2 aliphatic rings. The molecule has 0 aromatic heterocycles. The van der Waals surface area contributed by atoms with Gasteiger partial charge in [0.2, 0.25) is 5.91 Å². The molecule has 5 heteroatoms. The first-order chi connectivity index (χ1) is 9.02. The Kier molecular flexibility index (Phi) is 4.45. The van der Waals surface area contributed by atoms with E-state index in [4.69, 9.17) is 4.74 Å². The second-order valence-corrected chi connectivity index (χ2v) is 5.83. The molecule has 19 heavy (non-hydrogen) atoms. The quantitative estimate of drug-likeness (QED) is 0.798. The van der Waals surface area contributed by atoms with Gasteiger partial charge in [-0.3, -0.25) is 4.79 Å². The van der Waals surface area contributed by atoms with Gasteiger partial charge in [0.1, 0.15) is 5.54 Å². The molecule has 0 aromatic rings. The molecule has 2 fully saturated rings. The van der Waals surface area contributed by atoms with Gasteiger partial charge in [0, 0.05) is 6.42 Å². The maximum atomic E-state index is 11.9. The zero-order chi connectivity index (χ0) is 13.9. The minimum Gasteiger partial charge on any atom is -0.480 e. The molecule has 5 nitrogen and oxygen atoms in total. The summed E-state index contributed by atoms with van der Waals surface area (Å²) in [7, 11) is 0. The normalized spacial score (nSPS) is 29.3. The van der Waals surface area contributed by atoms with Crippen molar-refractivity contribution in [3.05, 3.63) is 0 Å². The van der Waals surface area contributed by atoms with Gasteiger partial charge >= 0.3 is 5.97 Å². The Balaban J connectivity index is 1.78. The minimum absolute atomic E-state index is 0.158. The number of amides is 1. The first kappa shape index (κ1) is 14.3. The SMILES string of the molecule is CC1CCC(CCC(=O)NC2(C(=O)O)CCCC2)O1. The van der Waals surface area contributed by atoms with Crippen molar-refractivity contribution in [3.63, 3.8) is 0 Å². The summed E-state index contributed by atoms with van der Waals surface area (Å²) in [5, 5.41) is 12.0. The lowest BCUT2D eigenvalue weighted by molar-refractivity contribution is -0.147.